The van der Waals surface area contributed by atoms with Gasteiger partial charge in [0.2, 0.25) is 5.91 Å². The van der Waals surface area contributed by atoms with Crippen LogP contribution in [0.5, 0.6) is 0 Å². The van der Waals surface area contributed by atoms with Crippen LogP contribution in [0.4, 0.5) is 21.0 Å². The van der Waals surface area contributed by atoms with Crippen molar-refractivity contribution in [3.8, 4) is 0 Å². The Hall–Kier alpha value is -4.86. The standard InChI is InChI=1S/C31H32N4O6/c1-20-9-14-25-24(17-20)31(41-30(39)34-25)15-6-16-35(19-31)28(37)26(18-21-7-4-3-5-8-21)33-27(36)22-10-12-23(13-11-22)32-29(38)40-2/h3-5,7-14,17,26H,6,15-16,18-19H2,1-2H3,(H,32,38)(H,33,36)(H,34,39)/t26?,31-/m0/s1. The summed E-state index contributed by atoms with van der Waals surface area (Å²) in [6.45, 7) is 2.63. The molecule has 10 heteroatoms. The summed E-state index contributed by atoms with van der Waals surface area (Å²) in [5, 5.41) is 8.23. The lowest BCUT2D eigenvalue weighted by Gasteiger charge is -2.45. The molecular formula is C31H32N4O6. The first-order chi connectivity index (χ1) is 19.8. The summed E-state index contributed by atoms with van der Waals surface area (Å²) < 4.78 is 10.5. The third kappa shape index (κ3) is 6.16. The Morgan fingerprint density at radius 3 is 2.56 bits per heavy atom. The lowest BCUT2D eigenvalue weighted by Crippen LogP contribution is -2.57. The van der Waals surface area contributed by atoms with Crippen LogP contribution in [0.1, 0.15) is 39.9 Å². The molecule has 0 saturated carbocycles. The number of carbonyl (C=O) groups is 4. The average molecular weight is 557 g/mol. The minimum absolute atomic E-state index is 0.185. The van der Waals surface area contributed by atoms with Crippen molar-refractivity contribution >= 4 is 35.4 Å². The summed E-state index contributed by atoms with van der Waals surface area (Å²) in [7, 11) is 1.26. The molecule has 3 N–H and O–H groups in total. The van der Waals surface area contributed by atoms with Crippen LogP contribution in [0, 0.1) is 6.92 Å². The minimum Gasteiger partial charge on any atom is -0.453 e. The van der Waals surface area contributed by atoms with Crippen molar-refractivity contribution in [3.63, 3.8) is 0 Å². The van der Waals surface area contributed by atoms with Gasteiger partial charge in [0.05, 0.1) is 19.3 Å². The van der Waals surface area contributed by atoms with Gasteiger partial charge in [0, 0.05) is 29.8 Å². The first-order valence-electron chi connectivity index (χ1n) is 13.5. The normalized spacial score (nSPS) is 18.4. The smallest absolute Gasteiger partial charge is 0.412 e. The zero-order valence-electron chi connectivity index (χ0n) is 22.9. The Morgan fingerprint density at radius 1 is 1.07 bits per heavy atom. The molecular weight excluding hydrogens is 524 g/mol. The lowest BCUT2D eigenvalue weighted by molar-refractivity contribution is -0.141. The predicted molar refractivity (Wildman–Crippen MR) is 153 cm³/mol. The van der Waals surface area contributed by atoms with Gasteiger partial charge in [-0.15, -0.1) is 0 Å². The monoisotopic (exact) mass is 556 g/mol. The number of benzene rings is 3. The third-order valence-electron chi connectivity index (χ3n) is 7.42. The van der Waals surface area contributed by atoms with Crippen LogP contribution in [-0.2, 0) is 26.3 Å². The SMILES string of the molecule is COC(=O)Nc1ccc(C(=O)NC(Cc2ccccc2)C(=O)N2CCC[C@@]3(C2)OC(=O)Nc2ccc(C)cc23)cc1. The van der Waals surface area contributed by atoms with Crippen LogP contribution in [0.15, 0.2) is 72.8 Å². The Morgan fingerprint density at radius 2 is 1.83 bits per heavy atom. The molecule has 1 saturated heterocycles. The third-order valence-corrected chi connectivity index (χ3v) is 7.42. The second-order valence-electron chi connectivity index (χ2n) is 10.3. The van der Waals surface area contributed by atoms with Gasteiger partial charge in [-0.1, -0.05) is 42.0 Å². The summed E-state index contributed by atoms with van der Waals surface area (Å²) in [4.78, 5) is 53.0. The largest absolute Gasteiger partial charge is 0.453 e. The van der Waals surface area contributed by atoms with Crippen molar-refractivity contribution < 1.29 is 28.7 Å². The van der Waals surface area contributed by atoms with E-state index >= 15 is 0 Å². The number of hydrogen-bond acceptors (Lipinski definition) is 6. The molecule has 1 unspecified atom stereocenters. The molecule has 0 bridgehead atoms. The number of rotatable bonds is 6. The van der Waals surface area contributed by atoms with Crippen LogP contribution in [-0.4, -0.2) is 55.1 Å². The number of aryl methyl sites for hydroxylation is 1. The van der Waals surface area contributed by atoms with Crippen molar-refractivity contribution in [2.24, 2.45) is 0 Å². The maximum Gasteiger partial charge on any atom is 0.412 e. The van der Waals surface area contributed by atoms with E-state index in [0.717, 1.165) is 16.7 Å². The van der Waals surface area contributed by atoms with Crippen molar-refractivity contribution in [1.82, 2.24) is 10.2 Å². The molecule has 0 aromatic heterocycles. The zero-order chi connectivity index (χ0) is 29.0. The van der Waals surface area contributed by atoms with Gasteiger partial charge >= 0.3 is 12.2 Å². The summed E-state index contributed by atoms with van der Waals surface area (Å²) >= 11 is 0. The molecule has 212 valence electrons. The number of ether oxygens (including phenoxy) is 2. The van der Waals surface area contributed by atoms with Crippen molar-refractivity contribution in [2.45, 2.75) is 37.8 Å². The molecule has 3 aromatic rings. The summed E-state index contributed by atoms with van der Waals surface area (Å²) in [5.41, 5.74) is 3.27. The van der Waals surface area contributed by atoms with Gasteiger partial charge in [-0.3, -0.25) is 20.2 Å². The van der Waals surface area contributed by atoms with E-state index in [1.165, 1.54) is 7.11 Å². The molecule has 2 aliphatic rings. The van der Waals surface area contributed by atoms with Gasteiger partial charge in [0.15, 0.2) is 5.60 Å². The zero-order valence-corrected chi connectivity index (χ0v) is 22.9. The average Bonchev–Trinajstić information content (AvgIpc) is 2.97. The van der Waals surface area contributed by atoms with Crippen LogP contribution >= 0.6 is 0 Å². The number of likely N-dealkylation sites (tertiary alicyclic amines) is 1. The Balaban J connectivity index is 1.38. The molecule has 2 atom stereocenters. The Bertz CT molecular complexity index is 1460. The Labute approximate surface area is 238 Å². The van der Waals surface area contributed by atoms with E-state index in [-0.39, 0.29) is 18.9 Å². The number of methoxy groups -OCH3 is 1. The quantitative estimate of drug-likeness (QED) is 0.408. The number of amides is 4. The topological polar surface area (TPSA) is 126 Å². The van der Waals surface area contributed by atoms with E-state index in [9.17, 15) is 19.2 Å². The first kappa shape index (κ1) is 27.7. The van der Waals surface area contributed by atoms with E-state index in [0.29, 0.717) is 36.3 Å². The highest BCUT2D eigenvalue weighted by atomic mass is 16.6. The van der Waals surface area contributed by atoms with Gasteiger partial charge in [0.25, 0.3) is 5.91 Å². The van der Waals surface area contributed by atoms with Crippen LogP contribution < -0.4 is 16.0 Å². The van der Waals surface area contributed by atoms with Gasteiger partial charge in [-0.2, -0.15) is 0 Å². The highest BCUT2D eigenvalue weighted by molar-refractivity contribution is 5.98. The summed E-state index contributed by atoms with van der Waals surface area (Å²) in [6.07, 6.45) is 0.339. The molecule has 0 radical (unpaired) electrons. The van der Waals surface area contributed by atoms with E-state index in [1.54, 1.807) is 29.2 Å². The fourth-order valence-electron chi connectivity index (χ4n) is 5.41. The van der Waals surface area contributed by atoms with Gasteiger partial charge < -0.3 is 19.7 Å². The molecule has 3 aromatic carbocycles. The van der Waals surface area contributed by atoms with Crippen molar-refractivity contribution in [2.75, 3.05) is 30.8 Å². The molecule has 5 rings (SSSR count). The number of nitrogens with one attached hydrogen (secondary N) is 3. The predicted octanol–water partition coefficient (Wildman–Crippen LogP) is 4.59. The van der Waals surface area contributed by atoms with Crippen molar-refractivity contribution in [1.29, 1.82) is 0 Å². The van der Waals surface area contributed by atoms with E-state index < -0.39 is 29.7 Å². The van der Waals surface area contributed by atoms with Gasteiger partial charge in [-0.05, 0) is 61.7 Å². The maximum atomic E-state index is 14.1. The molecule has 41 heavy (non-hydrogen) atoms. The molecule has 10 nitrogen and oxygen atoms in total. The molecule has 2 heterocycles. The summed E-state index contributed by atoms with van der Waals surface area (Å²) in [5.74, 6) is -0.682. The number of carbonyl (C=O) groups excluding carboxylic acids is 4. The molecule has 0 aliphatic carbocycles. The molecule has 4 amide bonds. The van der Waals surface area contributed by atoms with Crippen LogP contribution in [0.3, 0.4) is 0 Å². The highest BCUT2D eigenvalue weighted by Crippen LogP contribution is 2.42. The molecule has 2 aliphatic heterocycles. The maximum absolute atomic E-state index is 14.1. The number of anilines is 2. The van der Waals surface area contributed by atoms with E-state index in [2.05, 4.69) is 20.7 Å². The number of piperidine rings is 1. The fourth-order valence-corrected chi connectivity index (χ4v) is 5.41. The molecule has 1 fully saturated rings. The lowest BCUT2D eigenvalue weighted by atomic mass is 9.82. The van der Waals surface area contributed by atoms with E-state index in [4.69, 9.17) is 4.74 Å². The second-order valence-corrected chi connectivity index (χ2v) is 10.3. The van der Waals surface area contributed by atoms with Gasteiger partial charge in [0.1, 0.15) is 6.04 Å². The van der Waals surface area contributed by atoms with Crippen LogP contribution in [0.2, 0.25) is 0 Å². The molecule has 1 spiro atoms. The number of nitrogens with zero attached hydrogens (tertiary/aromatic N) is 1. The van der Waals surface area contributed by atoms with Gasteiger partial charge in [-0.25, -0.2) is 9.59 Å². The van der Waals surface area contributed by atoms with E-state index in [1.807, 2.05) is 55.5 Å². The highest BCUT2D eigenvalue weighted by Gasteiger charge is 2.47. The minimum atomic E-state index is -0.971. The number of hydrogen-bond donors (Lipinski definition) is 3. The summed E-state index contributed by atoms with van der Waals surface area (Å²) in [6, 6.07) is 20.7. The van der Waals surface area contributed by atoms with Crippen LogP contribution in [0.25, 0.3) is 0 Å². The second kappa shape index (κ2) is 11.7. The first-order valence-corrected chi connectivity index (χ1v) is 13.5. The Kier molecular flexibility index (Phi) is 7.91. The fraction of sp³-hybridized carbons (Fsp3) is 0.290. The van der Waals surface area contributed by atoms with Crippen molar-refractivity contribution in [3.05, 3.63) is 95.1 Å². The number of fused-ring (bicyclic) bond motifs is 2.